The lowest BCUT2D eigenvalue weighted by atomic mass is 10.1. The normalized spacial score (nSPS) is 17.4. The van der Waals surface area contributed by atoms with Gasteiger partial charge in [-0.25, -0.2) is 23.0 Å². The fraction of sp³-hybridized carbons (Fsp3) is 0.516. The Morgan fingerprint density at radius 2 is 1.72 bits per heavy atom. The second-order valence-electron chi connectivity index (χ2n) is 13.0. The van der Waals surface area contributed by atoms with Gasteiger partial charge in [-0.1, -0.05) is 30.3 Å². The van der Waals surface area contributed by atoms with Gasteiger partial charge in [-0.15, -0.1) is 0 Å². The first-order chi connectivity index (χ1) is 21.4. The van der Waals surface area contributed by atoms with Crippen molar-refractivity contribution in [3.8, 4) is 5.75 Å². The lowest BCUT2D eigenvalue weighted by molar-refractivity contribution is -0.117. The molecule has 2 heterocycles. The highest BCUT2D eigenvalue weighted by Crippen LogP contribution is 2.46. The third kappa shape index (κ3) is 8.18. The van der Waals surface area contributed by atoms with Gasteiger partial charge in [-0.2, -0.15) is 8.42 Å². The van der Waals surface area contributed by atoms with E-state index in [4.69, 9.17) is 18.9 Å². The van der Waals surface area contributed by atoms with Gasteiger partial charge in [0.05, 0.1) is 18.3 Å². The van der Waals surface area contributed by atoms with Gasteiger partial charge in [-0.3, -0.25) is 9.69 Å². The molecule has 0 saturated carbocycles. The summed E-state index contributed by atoms with van der Waals surface area (Å²) in [5, 5.41) is 0. The van der Waals surface area contributed by atoms with E-state index >= 15 is 4.39 Å². The lowest BCUT2D eigenvalue weighted by Crippen LogP contribution is -2.50. The Morgan fingerprint density at radius 3 is 2.28 bits per heavy atom. The van der Waals surface area contributed by atoms with Crippen LogP contribution in [0, 0.1) is 5.82 Å². The summed E-state index contributed by atoms with van der Waals surface area (Å²) in [6, 6.07) is 9.44. The maximum absolute atomic E-state index is 16.7. The van der Waals surface area contributed by atoms with E-state index in [1.165, 1.54) is 23.0 Å². The Balaban J connectivity index is 1.83. The fourth-order valence-corrected chi connectivity index (χ4v) is 6.20. The van der Waals surface area contributed by atoms with Crippen LogP contribution in [0.4, 0.5) is 25.4 Å². The average molecular weight is 665 g/mol. The molecule has 46 heavy (non-hydrogen) atoms. The van der Waals surface area contributed by atoms with E-state index in [9.17, 15) is 22.8 Å². The number of amides is 3. The molecule has 2 aliphatic heterocycles. The lowest BCUT2D eigenvalue weighted by Gasteiger charge is -2.33. The Hall–Kier alpha value is -4.11. The van der Waals surface area contributed by atoms with Gasteiger partial charge in [0, 0.05) is 38.2 Å². The molecule has 1 atom stereocenters. The number of nitrogens with one attached hydrogen (secondary N) is 1. The van der Waals surface area contributed by atoms with E-state index in [0.717, 1.165) is 0 Å². The van der Waals surface area contributed by atoms with Gasteiger partial charge in [0.15, 0.2) is 5.82 Å². The number of methoxy groups -OCH3 is 1. The molecule has 13 nitrogen and oxygen atoms in total. The van der Waals surface area contributed by atoms with Gasteiger partial charge in [-0.05, 0) is 47.1 Å². The number of benzene rings is 2. The zero-order valence-corrected chi connectivity index (χ0v) is 27.9. The smallest absolute Gasteiger partial charge is 0.415 e. The zero-order valence-electron chi connectivity index (χ0n) is 27.1. The molecule has 2 aromatic carbocycles. The summed E-state index contributed by atoms with van der Waals surface area (Å²) in [4.78, 5) is 41.7. The topological polar surface area (TPSA) is 144 Å². The van der Waals surface area contributed by atoms with Crippen LogP contribution in [-0.2, 0) is 42.2 Å². The van der Waals surface area contributed by atoms with Crippen molar-refractivity contribution < 1.29 is 46.1 Å². The predicted molar refractivity (Wildman–Crippen MR) is 167 cm³/mol. The first-order valence-corrected chi connectivity index (χ1v) is 16.2. The summed E-state index contributed by atoms with van der Waals surface area (Å²) in [5.41, 5.74) is -1.43. The third-order valence-corrected chi connectivity index (χ3v) is 8.27. The number of fused-ring (bicyclic) bond motifs is 1. The predicted octanol–water partition coefficient (Wildman–Crippen LogP) is 4.14. The van der Waals surface area contributed by atoms with Crippen molar-refractivity contribution in [3.05, 3.63) is 53.3 Å². The highest BCUT2D eigenvalue weighted by Gasteiger charge is 2.45. The summed E-state index contributed by atoms with van der Waals surface area (Å²) in [6.45, 7) is 9.66. The molecule has 0 aliphatic carbocycles. The zero-order chi connectivity index (χ0) is 34.0. The largest absolute Gasteiger partial charge is 0.487 e. The van der Waals surface area contributed by atoms with Crippen LogP contribution < -0.4 is 18.7 Å². The fourth-order valence-electron chi connectivity index (χ4n) is 5.04. The second kappa shape index (κ2) is 13.3. The minimum absolute atomic E-state index is 0.0108. The van der Waals surface area contributed by atoms with Crippen LogP contribution in [0.3, 0.4) is 0 Å². The summed E-state index contributed by atoms with van der Waals surface area (Å²) < 4.78 is 67.5. The van der Waals surface area contributed by atoms with Crippen molar-refractivity contribution >= 4 is 39.7 Å². The molecular weight excluding hydrogens is 623 g/mol. The van der Waals surface area contributed by atoms with Gasteiger partial charge >= 0.3 is 22.4 Å². The van der Waals surface area contributed by atoms with Crippen LogP contribution in [0.5, 0.6) is 5.75 Å². The number of carbonyl (C=O) groups is 3. The number of halogens is 1. The molecule has 2 aliphatic rings. The van der Waals surface area contributed by atoms with Crippen molar-refractivity contribution in [2.24, 2.45) is 0 Å². The standard InChI is InChI=1S/C31H41FN4O9S/c1-30(2,3)44-28(38)34(13-14-42-7)17-21-15-22-23(36(21)29(39)45-31(4,5)6)16-24(43-19-20-11-9-8-10-12-20)27(26(22)32)35-18-25(37)33-46(35,40)41/h8-12,16,21H,13-15,17-19H2,1-7H3,(H,33,37)/t21-/m1/s1. The minimum Gasteiger partial charge on any atom is -0.487 e. The van der Waals surface area contributed by atoms with Crippen molar-refractivity contribution in [1.82, 2.24) is 9.62 Å². The number of ether oxygens (including phenoxy) is 4. The molecule has 1 saturated heterocycles. The highest BCUT2D eigenvalue weighted by molar-refractivity contribution is 7.92. The van der Waals surface area contributed by atoms with Crippen molar-refractivity contribution in [2.75, 3.05) is 42.6 Å². The van der Waals surface area contributed by atoms with E-state index in [2.05, 4.69) is 0 Å². The van der Waals surface area contributed by atoms with Gasteiger partial charge in [0.2, 0.25) is 0 Å². The first kappa shape index (κ1) is 34.8. The monoisotopic (exact) mass is 664 g/mol. The van der Waals surface area contributed by atoms with Crippen LogP contribution in [0.1, 0.15) is 52.7 Å². The molecule has 0 bridgehead atoms. The molecular formula is C31H41FN4O9S. The Kier molecular flexibility index (Phi) is 10.1. The Bertz CT molecular complexity index is 1570. The molecule has 3 amide bonds. The van der Waals surface area contributed by atoms with Crippen LogP contribution in [-0.4, -0.2) is 82.0 Å². The van der Waals surface area contributed by atoms with Gasteiger partial charge in [0.1, 0.15) is 35.8 Å². The highest BCUT2D eigenvalue weighted by atomic mass is 32.2. The number of carbonyl (C=O) groups excluding carboxylic acids is 3. The maximum atomic E-state index is 16.7. The Labute approximate surface area is 268 Å². The molecule has 0 spiro atoms. The summed E-state index contributed by atoms with van der Waals surface area (Å²) >= 11 is 0. The van der Waals surface area contributed by atoms with Gasteiger partial charge in [0.25, 0.3) is 5.91 Å². The molecule has 252 valence electrons. The van der Waals surface area contributed by atoms with Crippen molar-refractivity contribution in [2.45, 2.75) is 71.8 Å². The Morgan fingerprint density at radius 1 is 1.07 bits per heavy atom. The SMILES string of the molecule is COCCN(C[C@H]1Cc2c(cc(OCc3ccccc3)c(N3CC(=O)NS3(=O)=O)c2F)N1C(=O)OC(C)(C)C)C(=O)OC(C)(C)C. The molecule has 15 heteroatoms. The van der Waals surface area contributed by atoms with Crippen LogP contribution in [0.25, 0.3) is 0 Å². The van der Waals surface area contributed by atoms with Crippen molar-refractivity contribution in [1.29, 1.82) is 0 Å². The first-order valence-electron chi connectivity index (χ1n) is 14.7. The quantitative estimate of drug-likeness (QED) is 0.418. The average Bonchev–Trinajstić information content (AvgIpc) is 3.43. The van der Waals surface area contributed by atoms with Crippen LogP contribution >= 0.6 is 0 Å². The van der Waals surface area contributed by atoms with E-state index in [-0.39, 0.29) is 49.7 Å². The molecule has 0 aromatic heterocycles. The molecule has 0 unspecified atom stereocenters. The van der Waals surface area contributed by atoms with E-state index < -0.39 is 63.6 Å². The number of hydrogen-bond donors (Lipinski definition) is 1. The molecule has 1 fully saturated rings. The summed E-state index contributed by atoms with van der Waals surface area (Å²) in [7, 11) is -2.96. The van der Waals surface area contributed by atoms with Crippen molar-refractivity contribution in [3.63, 3.8) is 0 Å². The maximum Gasteiger partial charge on any atom is 0.415 e. The second-order valence-corrected chi connectivity index (χ2v) is 14.6. The number of nitrogens with zero attached hydrogens (tertiary/aromatic N) is 3. The van der Waals surface area contributed by atoms with Crippen LogP contribution in [0.2, 0.25) is 0 Å². The van der Waals surface area contributed by atoms with E-state index in [1.807, 2.05) is 10.8 Å². The third-order valence-electron chi connectivity index (χ3n) is 6.89. The van der Waals surface area contributed by atoms with Gasteiger partial charge < -0.3 is 23.8 Å². The number of hydrogen-bond acceptors (Lipinski definition) is 9. The molecule has 2 aromatic rings. The molecule has 1 N–H and O–H groups in total. The number of anilines is 2. The minimum atomic E-state index is -4.43. The van der Waals surface area contributed by atoms with E-state index in [1.54, 1.807) is 65.8 Å². The number of rotatable bonds is 9. The summed E-state index contributed by atoms with van der Waals surface area (Å²) in [5.74, 6) is -2.04. The molecule has 0 radical (unpaired) electrons. The van der Waals surface area contributed by atoms with E-state index in [0.29, 0.717) is 9.87 Å². The molecule has 4 rings (SSSR count). The van der Waals surface area contributed by atoms with Crippen LogP contribution in [0.15, 0.2) is 36.4 Å². The summed E-state index contributed by atoms with van der Waals surface area (Å²) in [6.07, 6.45) is -1.59.